The van der Waals surface area contributed by atoms with Crippen molar-refractivity contribution in [3.05, 3.63) is 17.5 Å². The minimum atomic E-state index is -2.96. The quantitative estimate of drug-likeness (QED) is 0.795. The van der Waals surface area contributed by atoms with Crippen molar-refractivity contribution in [3.63, 3.8) is 0 Å². The number of rotatable bonds is 8. The molecule has 6 heteroatoms. The van der Waals surface area contributed by atoms with Gasteiger partial charge >= 0.3 is 0 Å². The first kappa shape index (κ1) is 17.2. The molecule has 5 nitrogen and oxygen atoms in total. The molecule has 0 spiro atoms. The van der Waals surface area contributed by atoms with Gasteiger partial charge in [-0.15, -0.1) is 0 Å². The Kier molecular flexibility index (Phi) is 6.20. The summed E-state index contributed by atoms with van der Waals surface area (Å²) in [6, 6.07) is 0. The average molecular weight is 301 g/mol. The van der Waals surface area contributed by atoms with Crippen molar-refractivity contribution in [1.82, 2.24) is 15.1 Å². The summed E-state index contributed by atoms with van der Waals surface area (Å²) in [6.07, 6.45) is 3.11. The summed E-state index contributed by atoms with van der Waals surface area (Å²) in [6.45, 7) is 10.7. The number of aryl methyl sites for hydroxylation is 1. The minimum absolute atomic E-state index is 0.132. The van der Waals surface area contributed by atoms with Gasteiger partial charge in [0.2, 0.25) is 0 Å². The molecule has 0 saturated heterocycles. The molecule has 116 valence electrons. The molecule has 0 aliphatic rings. The van der Waals surface area contributed by atoms with Crippen LogP contribution in [0.3, 0.4) is 0 Å². The Morgan fingerprint density at radius 3 is 2.45 bits per heavy atom. The van der Waals surface area contributed by atoms with Crippen molar-refractivity contribution in [2.24, 2.45) is 5.92 Å². The summed E-state index contributed by atoms with van der Waals surface area (Å²) >= 11 is 0. The van der Waals surface area contributed by atoms with Crippen molar-refractivity contribution >= 4 is 9.84 Å². The van der Waals surface area contributed by atoms with E-state index in [9.17, 15) is 8.42 Å². The highest BCUT2D eigenvalue weighted by Gasteiger charge is 2.15. The van der Waals surface area contributed by atoms with Crippen LogP contribution in [0, 0.1) is 5.92 Å². The fourth-order valence-corrected chi connectivity index (χ4v) is 2.67. The Labute approximate surface area is 122 Å². The summed E-state index contributed by atoms with van der Waals surface area (Å²) < 4.78 is 24.4. The molecule has 1 aromatic rings. The van der Waals surface area contributed by atoms with E-state index < -0.39 is 9.84 Å². The third-order valence-electron chi connectivity index (χ3n) is 3.05. The third-order valence-corrected chi connectivity index (χ3v) is 3.97. The highest BCUT2D eigenvalue weighted by atomic mass is 32.2. The molecule has 0 unspecified atom stereocenters. The van der Waals surface area contributed by atoms with Gasteiger partial charge in [-0.3, -0.25) is 4.68 Å². The van der Waals surface area contributed by atoms with Gasteiger partial charge in [0.1, 0.15) is 9.84 Å². The molecule has 0 saturated carbocycles. The molecule has 1 heterocycles. The molecular weight excluding hydrogens is 274 g/mol. The van der Waals surface area contributed by atoms with E-state index in [2.05, 4.69) is 38.1 Å². The van der Waals surface area contributed by atoms with Crippen LogP contribution in [-0.4, -0.2) is 36.8 Å². The van der Waals surface area contributed by atoms with Crippen LogP contribution >= 0.6 is 0 Å². The predicted octanol–water partition coefficient (Wildman–Crippen LogP) is 1.80. The fourth-order valence-electron chi connectivity index (χ4n) is 2.16. The maximum Gasteiger partial charge on any atom is 0.149 e. The highest BCUT2D eigenvalue weighted by Crippen LogP contribution is 2.19. The van der Waals surface area contributed by atoms with Gasteiger partial charge in [-0.25, -0.2) is 8.42 Å². The predicted molar refractivity (Wildman–Crippen MR) is 82.6 cm³/mol. The number of sulfone groups is 1. The van der Waals surface area contributed by atoms with Gasteiger partial charge < -0.3 is 5.32 Å². The van der Waals surface area contributed by atoms with Gasteiger partial charge in [-0.1, -0.05) is 27.7 Å². The second-order valence-electron chi connectivity index (χ2n) is 6.09. The van der Waals surface area contributed by atoms with Crippen LogP contribution in [0.5, 0.6) is 0 Å². The normalized spacial score (nSPS) is 12.6. The lowest BCUT2D eigenvalue weighted by molar-refractivity contribution is 0.544. The first-order chi connectivity index (χ1) is 9.20. The summed E-state index contributed by atoms with van der Waals surface area (Å²) in [5, 5.41) is 7.76. The van der Waals surface area contributed by atoms with Crippen molar-refractivity contribution < 1.29 is 8.42 Å². The lowest BCUT2D eigenvalue weighted by atomic mass is 10.1. The Morgan fingerprint density at radius 2 is 1.95 bits per heavy atom. The van der Waals surface area contributed by atoms with E-state index >= 15 is 0 Å². The molecule has 1 rings (SSSR count). The molecule has 1 N–H and O–H groups in total. The topological polar surface area (TPSA) is 64.0 Å². The zero-order chi connectivity index (χ0) is 15.3. The van der Waals surface area contributed by atoms with Crippen molar-refractivity contribution in [3.8, 4) is 0 Å². The number of nitrogens with one attached hydrogen (secondary N) is 1. The SMILES string of the molecule is CC(C)CNCc1cnn(CCS(C)(=O)=O)c1C(C)C. The lowest BCUT2D eigenvalue weighted by Gasteiger charge is -2.13. The van der Waals surface area contributed by atoms with E-state index in [1.165, 1.54) is 6.26 Å². The monoisotopic (exact) mass is 301 g/mol. The maximum absolute atomic E-state index is 11.3. The van der Waals surface area contributed by atoms with E-state index in [0.29, 0.717) is 18.4 Å². The Balaban J connectivity index is 2.79. The summed E-state index contributed by atoms with van der Waals surface area (Å²) in [7, 11) is -2.96. The number of nitrogens with zero attached hydrogens (tertiary/aromatic N) is 2. The Morgan fingerprint density at radius 1 is 1.30 bits per heavy atom. The van der Waals surface area contributed by atoms with Gasteiger partial charge in [0.25, 0.3) is 0 Å². The molecule has 0 radical (unpaired) electrons. The highest BCUT2D eigenvalue weighted by molar-refractivity contribution is 7.90. The second kappa shape index (κ2) is 7.22. The molecule has 0 amide bonds. The van der Waals surface area contributed by atoms with Crippen LogP contribution in [-0.2, 0) is 22.9 Å². The van der Waals surface area contributed by atoms with Crippen LogP contribution in [0.2, 0.25) is 0 Å². The van der Waals surface area contributed by atoms with Crippen LogP contribution in [0.15, 0.2) is 6.20 Å². The van der Waals surface area contributed by atoms with E-state index in [-0.39, 0.29) is 5.75 Å². The van der Waals surface area contributed by atoms with E-state index in [1.807, 2.05) is 10.9 Å². The summed E-state index contributed by atoms with van der Waals surface area (Å²) in [4.78, 5) is 0. The van der Waals surface area contributed by atoms with Crippen molar-refractivity contribution in [2.45, 2.75) is 46.7 Å². The Bertz CT molecular complexity index is 519. The standard InChI is InChI=1S/C14H27N3O2S/c1-11(2)8-15-9-13-10-16-17(14(13)12(3)4)6-7-20(5,18)19/h10-12,15H,6-9H2,1-5H3. The smallest absolute Gasteiger partial charge is 0.149 e. The Hall–Kier alpha value is -0.880. The van der Waals surface area contributed by atoms with E-state index in [1.54, 1.807) is 0 Å². The number of hydrogen-bond acceptors (Lipinski definition) is 4. The third kappa shape index (κ3) is 5.63. The van der Waals surface area contributed by atoms with Crippen molar-refractivity contribution in [1.29, 1.82) is 0 Å². The molecule has 0 aromatic carbocycles. The zero-order valence-electron chi connectivity index (χ0n) is 13.2. The molecule has 20 heavy (non-hydrogen) atoms. The first-order valence-corrected chi connectivity index (χ1v) is 9.19. The summed E-state index contributed by atoms with van der Waals surface area (Å²) in [5.41, 5.74) is 2.29. The van der Waals surface area contributed by atoms with Gasteiger partial charge in [0.05, 0.1) is 18.5 Å². The average Bonchev–Trinajstić information content (AvgIpc) is 2.68. The van der Waals surface area contributed by atoms with Gasteiger partial charge in [-0.05, 0) is 18.4 Å². The molecular formula is C14H27N3O2S. The maximum atomic E-state index is 11.3. The van der Waals surface area contributed by atoms with E-state index in [0.717, 1.165) is 24.3 Å². The largest absolute Gasteiger partial charge is 0.312 e. The van der Waals surface area contributed by atoms with Crippen molar-refractivity contribution in [2.75, 3.05) is 18.6 Å². The molecule has 0 aliphatic heterocycles. The molecule has 0 fully saturated rings. The van der Waals surface area contributed by atoms with Crippen LogP contribution in [0.1, 0.15) is 44.9 Å². The van der Waals surface area contributed by atoms with Crippen LogP contribution in [0.25, 0.3) is 0 Å². The molecule has 0 atom stereocenters. The van der Waals surface area contributed by atoms with Gasteiger partial charge in [-0.2, -0.15) is 5.10 Å². The lowest BCUT2D eigenvalue weighted by Crippen LogP contribution is -2.20. The zero-order valence-corrected chi connectivity index (χ0v) is 14.0. The number of hydrogen-bond donors (Lipinski definition) is 1. The second-order valence-corrected chi connectivity index (χ2v) is 8.35. The number of aromatic nitrogens is 2. The molecule has 0 bridgehead atoms. The molecule has 0 aliphatic carbocycles. The molecule has 1 aromatic heterocycles. The minimum Gasteiger partial charge on any atom is -0.312 e. The van der Waals surface area contributed by atoms with Gasteiger partial charge in [0.15, 0.2) is 0 Å². The first-order valence-electron chi connectivity index (χ1n) is 7.13. The summed E-state index contributed by atoms with van der Waals surface area (Å²) in [5.74, 6) is 1.07. The van der Waals surface area contributed by atoms with Gasteiger partial charge in [0, 0.05) is 24.1 Å². The van der Waals surface area contributed by atoms with Crippen LogP contribution in [0.4, 0.5) is 0 Å². The van der Waals surface area contributed by atoms with E-state index in [4.69, 9.17) is 0 Å². The fraction of sp³-hybridized carbons (Fsp3) is 0.786. The van der Waals surface area contributed by atoms with Crippen LogP contribution < -0.4 is 5.32 Å².